The number of morpholine rings is 1. The molecule has 12 heterocycles. The van der Waals surface area contributed by atoms with Crippen LogP contribution in [0.1, 0.15) is 351 Å². The number of hydrogen-bond donors (Lipinski definition) is 0. The molecule has 0 bridgehead atoms. The third-order valence-corrected chi connectivity index (χ3v) is 26.1. The topological polar surface area (TPSA) is 70.1 Å². The summed E-state index contributed by atoms with van der Waals surface area (Å²) in [6.07, 6.45) is 21.5. The lowest BCUT2D eigenvalue weighted by Crippen LogP contribution is -2.48. The second-order valence-corrected chi connectivity index (χ2v) is 40.7. The number of likely N-dealkylation sites (N-methyl/N-ethyl adjacent to an activating group) is 1. The molecule has 4 unspecified atom stereocenters. The van der Waals surface area contributed by atoms with E-state index in [1.54, 1.807) is 22.9 Å². The van der Waals surface area contributed by atoms with Gasteiger partial charge >= 0.3 is 0 Å². The molecule has 11 aliphatic heterocycles. The fourth-order valence-electron chi connectivity index (χ4n) is 17.6. The number of fused-ring (bicyclic) bond motifs is 2. The van der Waals surface area contributed by atoms with Crippen LogP contribution in [0.25, 0.3) is 0 Å². The summed E-state index contributed by atoms with van der Waals surface area (Å²) in [5, 5.41) is 0. The smallest absolute Gasteiger partial charge is 0.260 e. The first-order valence-corrected chi connectivity index (χ1v) is 49.3. The predicted molar refractivity (Wildman–Crippen MR) is 553 cm³/mol. The van der Waals surface area contributed by atoms with Crippen LogP contribution in [-0.4, -0.2) is 288 Å². The van der Waals surface area contributed by atoms with Gasteiger partial charge in [0.05, 0.1) is 18.8 Å². The Morgan fingerprint density at radius 3 is 0.992 bits per heavy atom. The van der Waals surface area contributed by atoms with Gasteiger partial charge < -0.3 is 48.5 Å². The molecule has 2 aromatic carbocycles. The van der Waals surface area contributed by atoms with Gasteiger partial charge in [-0.25, -0.2) is 8.78 Å². The van der Waals surface area contributed by atoms with E-state index in [4.69, 9.17) is 4.74 Å². The Balaban J connectivity index is -0.00000130. The molecule has 0 aliphatic carbocycles. The Kier molecular flexibility index (Phi) is 68.9. The van der Waals surface area contributed by atoms with E-state index in [-0.39, 0.29) is 67.7 Å². The maximum atomic E-state index is 12.8. The third kappa shape index (κ3) is 52.6. The van der Waals surface area contributed by atoms with Crippen LogP contribution in [0.5, 0.6) is 0 Å². The van der Waals surface area contributed by atoms with Gasteiger partial charge in [0.25, 0.3) is 11.5 Å². The monoisotopic (exact) mass is 1760 g/mol. The van der Waals surface area contributed by atoms with Gasteiger partial charge in [0.15, 0.2) is 0 Å². The van der Waals surface area contributed by atoms with Crippen molar-refractivity contribution < 1.29 is 13.5 Å². The number of hydrogen-bond acceptors (Lipinski definition) is 14. The summed E-state index contributed by atoms with van der Waals surface area (Å²) in [4.78, 5) is 40.5. The van der Waals surface area contributed by atoms with E-state index in [9.17, 15) is 13.6 Å². The van der Waals surface area contributed by atoms with Crippen molar-refractivity contribution in [2.24, 2.45) is 17.8 Å². The third-order valence-electron chi connectivity index (χ3n) is 26.1. The number of piperidine rings is 5. The molecular weight excluding hydrogens is 1550 g/mol. The zero-order valence-corrected chi connectivity index (χ0v) is 84.0. The van der Waals surface area contributed by atoms with Crippen LogP contribution >= 0.6 is 0 Å². The van der Waals surface area contributed by atoms with Crippen molar-refractivity contribution in [2.75, 3.05) is 149 Å². The summed E-state index contributed by atoms with van der Waals surface area (Å²) >= 11 is 0. The Labute approximate surface area is 778 Å². The largest absolute Gasteiger partial charge is 0.373 e. The number of halogens is 2. The van der Waals surface area contributed by atoms with Crippen LogP contribution in [0.2, 0.25) is 0 Å². The van der Waals surface area contributed by atoms with Crippen molar-refractivity contribution in [1.29, 1.82) is 0 Å². The van der Waals surface area contributed by atoms with Crippen LogP contribution in [0, 0.1) is 17.8 Å². The highest BCUT2D eigenvalue weighted by Crippen LogP contribution is 2.31. The van der Waals surface area contributed by atoms with Gasteiger partial charge in [0.1, 0.15) is 0 Å². The molecule has 0 saturated carbocycles. The molecule has 0 amide bonds. The van der Waals surface area contributed by atoms with Gasteiger partial charge in [-0.05, 0) is 383 Å². The number of nitrogens with zero attached hydrogens (tertiary/aromatic N) is 13. The molecule has 0 spiro atoms. The summed E-state index contributed by atoms with van der Waals surface area (Å²) in [5.41, 5.74) is 6.02. The number of ether oxygens (including phenoxy) is 1. The lowest BCUT2D eigenvalue weighted by molar-refractivity contribution is -0.0764. The molecule has 0 radical (unpaired) electrons. The molecule has 1 aromatic heterocycles. The number of rotatable bonds is 12. The Morgan fingerprint density at radius 1 is 0.328 bits per heavy atom. The minimum Gasteiger partial charge on any atom is -0.373 e. The highest BCUT2D eigenvalue weighted by atomic mass is 19.3. The van der Waals surface area contributed by atoms with Gasteiger partial charge in [-0.15, -0.1) is 0 Å². The molecule has 3 aromatic rings. The van der Waals surface area contributed by atoms with Gasteiger partial charge in [-0.3, -0.25) is 24.4 Å². The summed E-state index contributed by atoms with van der Waals surface area (Å²) in [7, 11) is 2.19. The van der Waals surface area contributed by atoms with Crippen LogP contribution < -0.4 is 10.5 Å². The van der Waals surface area contributed by atoms with Gasteiger partial charge in [-0.1, -0.05) is 119 Å². The number of likely N-dealkylation sites (tertiary alicyclic amines) is 7. The van der Waals surface area contributed by atoms with E-state index in [2.05, 4.69) is 283 Å². The van der Waals surface area contributed by atoms with Crippen molar-refractivity contribution in [3.05, 3.63) is 100.0 Å². The first kappa shape index (κ1) is 126. The molecule has 14 rings (SSSR count). The summed E-state index contributed by atoms with van der Waals surface area (Å²) in [6, 6.07) is 30.4. The SMILES string of the molecule is C.C.C.C.C.CC(C)N1CCC1.CC(C)N1CCCC(F)(F)C1.CC(C)N1CCCC1.CC(C)N1CCCCC1.CC(C)N1CCCCC1.CC(C)N1CCN(C)CC1.CC(C)N1CCc2ccccc21.CC(C)N1Cc2ccccc2C1.CC(C)n1ccccc1=O.CC1CC(C)CN(C(C)C)C1.CC1CCN(C(C)C)CC1.CC1CN(C(C)C)CC(C)O1. The van der Waals surface area contributed by atoms with E-state index in [0.29, 0.717) is 36.8 Å². The molecule has 738 valence electrons. The summed E-state index contributed by atoms with van der Waals surface area (Å²) in [5.74, 6) is 0.333. The Bertz CT molecular complexity index is 2920. The number of aromatic nitrogens is 1. The average molecular weight is 1770 g/mol. The second-order valence-electron chi connectivity index (χ2n) is 40.7. The van der Waals surface area contributed by atoms with Crippen LogP contribution in [-0.2, 0) is 24.2 Å². The fourth-order valence-corrected chi connectivity index (χ4v) is 17.6. The number of anilines is 1. The van der Waals surface area contributed by atoms with Crippen molar-refractivity contribution >= 4 is 5.69 Å². The standard InChI is InChI=1S/2C11H15N.C10H21N.C9H19NO.C9H19N.C8H15F2N.C8H18N2.C8H11NO.2C8H17N.C7H15N.C6H13N.5CH4/c1-9(2)12-7-10-5-3-4-6-11(10)8-12;1-9(2)12-8-7-10-5-3-4-6-11(10)12;1-8(2)11-6-9(3)5-10(4)7-11;1-7(2)10-5-8(3)11-9(4)6-10;1-8(2)10-6-4-9(3)5-7-10;1-7(2)11-5-3-4-8(9,10)6-11;1-8(2)10-6-4-9(3)5-7-10;1-7(2)9-6-4-3-5-8(9)10;2*1-8(2)9-6-4-3-5-7-9;1-7(2)8-5-3-4-6-8;1-6(2)7-4-3-5-7;;;;;/h2*3-6,9H,7-8H2,1-2H3;8-10H,5-7H2,1-4H3;7-9H,5-6H2,1-4H3;8-9H,4-7H2,1-3H3;7H,3-6H2,1-2H3;8H,4-7H2,1-3H3;3-7H,1-2H3;2*8H,3-7H2,1-2H3;7H,3-6H2,1-2H3;6H,3-5H2,1-2H3;5*1H4. The molecule has 11 aliphatic rings. The van der Waals surface area contributed by atoms with Gasteiger partial charge in [0, 0.05) is 169 Å². The molecule has 9 fully saturated rings. The van der Waals surface area contributed by atoms with Gasteiger partial charge in [-0.2, -0.15) is 0 Å². The Morgan fingerprint density at radius 2 is 0.664 bits per heavy atom. The number of para-hydroxylation sites is 1. The molecule has 125 heavy (non-hydrogen) atoms. The Hall–Kier alpha value is -3.43. The maximum Gasteiger partial charge on any atom is 0.260 e. The fraction of sp³-hybridized carbons (Fsp3) is 0.843. The number of pyridine rings is 1. The highest BCUT2D eigenvalue weighted by Gasteiger charge is 2.36. The van der Waals surface area contributed by atoms with Crippen molar-refractivity contribution in [3.8, 4) is 0 Å². The second kappa shape index (κ2) is 68.6. The maximum absolute atomic E-state index is 12.8. The molecular formula is C108H215F2N13O2. The number of piperazine rings is 1. The molecule has 15 nitrogen and oxygen atoms in total. The van der Waals surface area contributed by atoms with Crippen LogP contribution in [0.15, 0.2) is 77.7 Å². The minimum atomic E-state index is -2.44. The summed E-state index contributed by atoms with van der Waals surface area (Å²) in [6.45, 7) is 91.9. The first-order valence-electron chi connectivity index (χ1n) is 49.3. The highest BCUT2D eigenvalue weighted by molar-refractivity contribution is 5.58. The van der Waals surface area contributed by atoms with Crippen molar-refractivity contribution in [2.45, 2.75) is 438 Å². The van der Waals surface area contributed by atoms with Crippen LogP contribution in [0.4, 0.5) is 14.5 Å². The molecule has 4 atom stereocenters. The van der Waals surface area contributed by atoms with Crippen molar-refractivity contribution in [3.63, 3.8) is 0 Å². The summed E-state index contributed by atoms with van der Waals surface area (Å²) < 4.78 is 32.9. The zero-order chi connectivity index (χ0) is 89.8. The predicted octanol–water partition coefficient (Wildman–Crippen LogP) is 24.6. The molecule has 17 heteroatoms. The van der Waals surface area contributed by atoms with Crippen LogP contribution in [0.3, 0.4) is 0 Å². The zero-order valence-electron chi connectivity index (χ0n) is 84.0. The minimum absolute atomic E-state index is 0. The number of alkyl halides is 2. The normalized spacial score (nSPS) is 22.2. The van der Waals surface area contributed by atoms with E-state index >= 15 is 0 Å². The lowest BCUT2D eigenvalue weighted by Gasteiger charge is -2.37. The van der Waals surface area contributed by atoms with E-state index in [0.717, 1.165) is 92.8 Å². The van der Waals surface area contributed by atoms with Crippen molar-refractivity contribution in [1.82, 2.24) is 58.5 Å². The molecule has 9 saturated heterocycles. The van der Waals surface area contributed by atoms with E-state index in [1.807, 2.05) is 38.7 Å². The van der Waals surface area contributed by atoms with Gasteiger partial charge in [0.2, 0.25) is 0 Å². The van der Waals surface area contributed by atoms with E-state index in [1.165, 1.54) is 217 Å². The lowest BCUT2D eigenvalue weighted by atomic mass is 9.91. The van der Waals surface area contributed by atoms with E-state index < -0.39 is 5.92 Å². The average Bonchev–Trinajstić information content (AvgIpc) is 1.69. The molecule has 0 N–H and O–H groups in total. The quantitative estimate of drug-likeness (QED) is 0.173. The number of benzene rings is 2. The first-order chi connectivity index (χ1) is 56.6.